The number of anilines is 1. The lowest BCUT2D eigenvalue weighted by atomic mass is 10.2. The maximum atomic E-state index is 13.2. The van der Waals surface area contributed by atoms with Crippen molar-refractivity contribution in [2.45, 2.75) is 40.3 Å². The highest BCUT2D eigenvalue weighted by atomic mass is 35.5. The largest absolute Gasteiger partial charge is 0.449 e. The Morgan fingerprint density at radius 3 is 2.56 bits per heavy atom. The molecule has 9 heteroatoms. The average molecular weight is 416 g/mol. The molecule has 1 aromatic heterocycles. The summed E-state index contributed by atoms with van der Waals surface area (Å²) in [6, 6.07) is 3.74. The fraction of sp³-hybridized carbons (Fsp3) is 0.389. The molecule has 0 fully saturated rings. The number of carbonyl (C=O) groups excluding carboxylic acids is 2. The van der Waals surface area contributed by atoms with Crippen molar-refractivity contribution >= 4 is 40.8 Å². The van der Waals surface area contributed by atoms with Gasteiger partial charge in [0, 0.05) is 12.2 Å². The topological polar surface area (TPSA) is 73.2 Å². The third-order valence-electron chi connectivity index (χ3n) is 3.65. The number of hydrogen-bond donors (Lipinski definition) is 1. The molecule has 0 bridgehead atoms. The van der Waals surface area contributed by atoms with E-state index in [-0.39, 0.29) is 27.3 Å². The minimum atomic E-state index is -1.11. The van der Waals surface area contributed by atoms with Gasteiger partial charge < -0.3 is 10.1 Å². The summed E-state index contributed by atoms with van der Waals surface area (Å²) in [4.78, 5) is 24.7. The number of ether oxygens (including phenoxy) is 1. The molecule has 2 rings (SSSR count). The SMILES string of the molecule is Cc1nn(CC(C)C)c(Cl)c1C(=O)O[C@H](C)C(=O)Nc1ccc(F)c(Cl)c1. The molecule has 0 aliphatic carbocycles. The first-order valence-electron chi connectivity index (χ1n) is 8.30. The molecule has 0 unspecified atom stereocenters. The highest BCUT2D eigenvalue weighted by Gasteiger charge is 2.26. The number of halogens is 3. The van der Waals surface area contributed by atoms with Crippen LogP contribution in [0.25, 0.3) is 0 Å². The van der Waals surface area contributed by atoms with Crippen molar-refractivity contribution in [2.24, 2.45) is 5.92 Å². The third kappa shape index (κ3) is 5.20. The summed E-state index contributed by atoms with van der Waals surface area (Å²) < 4.78 is 19.9. The Morgan fingerprint density at radius 2 is 1.96 bits per heavy atom. The number of esters is 1. The van der Waals surface area contributed by atoms with E-state index in [0.717, 1.165) is 6.07 Å². The molecule has 0 saturated heterocycles. The summed E-state index contributed by atoms with van der Waals surface area (Å²) in [7, 11) is 0. The first-order chi connectivity index (χ1) is 12.6. The Morgan fingerprint density at radius 1 is 1.30 bits per heavy atom. The predicted octanol–water partition coefficient (Wildman–Crippen LogP) is 4.48. The van der Waals surface area contributed by atoms with Crippen molar-refractivity contribution in [3.8, 4) is 0 Å². The summed E-state index contributed by atoms with van der Waals surface area (Å²) in [5.41, 5.74) is 0.832. The molecule has 6 nitrogen and oxygen atoms in total. The lowest BCUT2D eigenvalue weighted by Gasteiger charge is -2.14. The van der Waals surface area contributed by atoms with Gasteiger partial charge in [0.25, 0.3) is 5.91 Å². The molecule has 2 aromatic rings. The lowest BCUT2D eigenvalue weighted by Crippen LogP contribution is -2.30. The Hall–Kier alpha value is -2.12. The molecule has 1 aromatic carbocycles. The van der Waals surface area contributed by atoms with Crippen LogP contribution in [0.4, 0.5) is 10.1 Å². The number of aryl methyl sites for hydroxylation is 1. The van der Waals surface area contributed by atoms with Crippen LogP contribution >= 0.6 is 23.2 Å². The number of hydrogen-bond acceptors (Lipinski definition) is 4. The average Bonchev–Trinajstić information content (AvgIpc) is 2.84. The zero-order valence-electron chi connectivity index (χ0n) is 15.3. The van der Waals surface area contributed by atoms with Gasteiger partial charge in [0.1, 0.15) is 16.5 Å². The Bertz CT molecular complexity index is 868. The van der Waals surface area contributed by atoms with Crippen molar-refractivity contribution in [1.29, 1.82) is 0 Å². The van der Waals surface area contributed by atoms with Crippen LogP contribution < -0.4 is 5.32 Å². The van der Waals surface area contributed by atoms with Gasteiger partial charge in [-0.25, -0.2) is 9.18 Å². The molecule has 27 heavy (non-hydrogen) atoms. The van der Waals surface area contributed by atoms with Gasteiger partial charge in [-0.2, -0.15) is 5.10 Å². The van der Waals surface area contributed by atoms with Crippen molar-refractivity contribution in [2.75, 3.05) is 5.32 Å². The molecule has 1 N–H and O–H groups in total. The van der Waals surface area contributed by atoms with Gasteiger partial charge in [-0.1, -0.05) is 37.0 Å². The third-order valence-corrected chi connectivity index (χ3v) is 4.32. The fourth-order valence-corrected chi connectivity index (χ4v) is 2.84. The zero-order valence-corrected chi connectivity index (χ0v) is 16.9. The summed E-state index contributed by atoms with van der Waals surface area (Å²) >= 11 is 11.9. The number of benzene rings is 1. The number of aromatic nitrogens is 2. The molecule has 0 aliphatic heterocycles. The Balaban J connectivity index is 2.07. The van der Waals surface area contributed by atoms with Crippen molar-refractivity contribution in [3.63, 3.8) is 0 Å². The van der Waals surface area contributed by atoms with Gasteiger partial charge in [-0.3, -0.25) is 9.48 Å². The number of carbonyl (C=O) groups is 2. The van der Waals surface area contributed by atoms with Crippen LogP contribution in [-0.4, -0.2) is 27.8 Å². The monoisotopic (exact) mass is 415 g/mol. The normalized spacial score (nSPS) is 12.1. The van der Waals surface area contributed by atoms with E-state index in [2.05, 4.69) is 10.4 Å². The lowest BCUT2D eigenvalue weighted by molar-refractivity contribution is -0.123. The van der Waals surface area contributed by atoms with Gasteiger partial charge in [0.05, 0.1) is 10.7 Å². The van der Waals surface area contributed by atoms with E-state index < -0.39 is 23.8 Å². The van der Waals surface area contributed by atoms with Gasteiger partial charge in [-0.05, 0) is 38.0 Å². The number of nitrogens with zero attached hydrogens (tertiary/aromatic N) is 2. The van der Waals surface area contributed by atoms with Gasteiger partial charge in [0.15, 0.2) is 6.10 Å². The van der Waals surface area contributed by atoms with Crippen LogP contribution in [0.1, 0.15) is 36.8 Å². The fourth-order valence-electron chi connectivity index (χ4n) is 2.34. The molecular formula is C18H20Cl2FN3O3. The van der Waals surface area contributed by atoms with E-state index in [9.17, 15) is 14.0 Å². The second-order valence-corrected chi connectivity index (χ2v) is 7.26. The van der Waals surface area contributed by atoms with Gasteiger partial charge >= 0.3 is 5.97 Å². The minimum Gasteiger partial charge on any atom is -0.449 e. The van der Waals surface area contributed by atoms with Crippen LogP contribution in [0.2, 0.25) is 10.2 Å². The van der Waals surface area contributed by atoms with E-state index in [0.29, 0.717) is 12.2 Å². The Kier molecular flexibility index (Phi) is 6.84. The van der Waals surface area contributed by atoms with E-state index in [1.54, 1.807) is 6.92 Å². The zero-order chi connectivity index (χ0) is 20.3. The predicted molar refractivity (Wildman–Crippen MR) is 102 cm³/mol. The summed E-state index contributed by atoms with van der Waals surface area (Å²) in [5.74, 6) is -1.64. The standard InChI is InChI=1S/C18H20Cl2FN3O3/c1-9(2)8-24-16(20)15(10(3)23-24)18(26)27-11(4)17(25)22-12-5-6-14(21)13(19)7-12/h5-7,9,11H,8H2,1-4H3,(H,22,25)/t11-/m1/s1. The molecule has 0 aliphatic rings. The molecule has 1 amide bonds. The van der Waals surface area contributed by atoms with E-state index in [1.807, 2.05) is 13.8 Å². The van der Waals surface area contributed by atoms with E-state index in [4.69, 9.17) is 27.9 Å². The number of rotatable bonds is 6. The number of amides is 1. The van der Waals surface area contributed by atoms with Crippen molar-refractivity contribution < 1.29 is 18.7 Å². The van der Waals surface area contributed by atoms with Crippen LogP contribution in [0, 0.1) is 18.7 Å². The maximum absolute atomic E-state index is 13.2. The van der Waals surface area contributed by atoms with Crippen LogP contribution in [0.5, 0.6) is 0 Å². The molecule has 0 saturated carbocycles. The van der Waals surface area contributed by atoms with Gasteiger partial charge in [-0.15, -0.1) is 0 Å². The molecular weight excluding hydrogens is 396 g/mol. The quantitative estimate of drug-likeness (QED) is 0.705. The first kappa shape index (κ1) is 21.2. The van der Waals surface area contributed by atoms with Crippen LogP contribution in [-0.2, 0) is 16.1 Å². The van der Waals surface area contributed by atoms with Crippen LogP contribution in [0.3, 0.4) is 0 Å². The highest BCUT2D eigenvalue weighted by molar-refractivity contribution is 6.32. The number of nitrogens with one attached hydrogen (secondary N) is 1. The van der Waals surface area contributed by atoms with Gasteiger partial charge in [0.2, 0.25) is 0 Å². The minimum absolute atomic E-state index is 0.127. The molecule has 0 radical (unpaired) electrons. The molecule has 0 spiro atoms. The maximum Gasteiger partial charge on any atom is 0.343 e. The summed E-state index contributed by atoms with van der Waals surface area (Å²) in [5, 5.41) is 6.79. The summed E-state index contributed by atoms with van der Waals surface area (Å²) in [6.07, 6.45) is -1.11. The van der Waals surface area contributed by atoms with Crippen LogP contribution in [0.15, 0.2) is 18.2 Å². The molecule has 1 atom stereocenters. The smallest absolute Gasteiger partial charge is 0.343 e. The Labute approximate surface area is 166 Å². The second kappa shape index (κ2) is 8.71. The van der Waals surface area contributed by atoms with E-state index >= 15 is 0 Å². The summed E-state index contributed by atoms with van der Waals surface area (Å²) in [6.45, 7) is 7.61. The van der Waals surface area contributed by atoms with Crippen molar-refractivity contribution in [1.82, 2.24) is 9.78 Å². The molecule has 146 valence electrons. The highest BCUT2D eigenvalue weighted by Crippen LogP contribution is 2.23. The second-order valence-electron chi connectivity index (χ2n) is 6.49. The van der Waals surface area contributed by atoms with Crippen molar-refractivity contribution in [3.05, 3.63) is 45.4 Å². The first-order valence-corrected chi connectivity index (χ1v) is 9.05. The molecule has 1 heterocycles. The van der Waals surface area contributed by atoms with E-state index in [1.165, 1.54) is 23.7 Å².